The molecule has 0 atom stereocenters. The molecule has 2 N–H and O–H groups in total. The third kappa shape index (κ3) is 3.46. The summed E-state index contributed by atoms with van der Waals surface area (Å²) < 4.78 is 7.87. The van der Waals surface area contributed by atoms with Crippen LogP contribution in [0.5, 0.6) is 0 Å². The zero-order valence-electron chi connectivity index (χ0n) is 15.0. The molecule has 3 heterocycles. The van der Waals surface area contributed by atoms with E-state index in [2.05, 4.69) is 21.3 Å². The first-order valence-corrected chi connectivity index (χ1v) is 9.47. The second-order valence-electron chi connectivity index (χ2n) is 7.38. The molecule has 6 nitrogen and oxygen atoms in total. The molecule has 0 saturated carbocycles. The third-order valence-electron chi connectivity index (χ3n) is 5.71. The molecule has 0 bridgehead atoms. The number of rotatable bonds is 4. The van der Waals surface area contributed by atoms with Crippen molar-refractivity contribution in [1.82, 2.24) is 14.9 Å². The van der Waals surface area contributed by atoms with Crippen LogP contribution in [0.4, 0.5) is 5.69 Å². The summed E-state index contributed by atoms with van der Waals surface area (Å²) >= 11 is 0. The van der Waals surface area contributed by atoms with Crippen LogP contribution >= 0.6 is 0 Å². The number of aromatic amines is 1. The van der Waals surface area contributed by atoms with Crippen LogP contribution in [-0.4, -0.2) is 48.4 Å². The number of para-hydroxylation sites is 1. The van der Waals surface area contributed by atoms with Gasteiger partial charge in [0.15, 0.2) is 0 Å². The molecule has 1 aromatic heterocycles. The molecule has 2 fully saturated rings. The van der Waals surface area contributed by atoms with Gasteiger partial charge in [-0.05, 0) is 56.8 Å². The van der Waals surface area contributed by atoms with Crippen LogP contribution < -0.4 is 15.9 Å². The number of benzene rings is 1. The van der Waals surface area contributed by atoms with Gasteiger partial charge in [0.1, 0.15) is 0 Å². The van der Waals surface area contributed by atoms with Crippen LogP contribution in [-0.2, 0) is 11.8 Å². The Bertz CT molecular complexity index is 767. The highest BCUT2D eigenvalue weighted by molar-refractivity contribution is 5.89. The van der Waals surface area contributed by atoms with Crippen molar-refractivity contribution in [2.45, 2.75) is 31.8 Å². The smallest absolute Gasteiger partial charge is 0.326 e. The first-order chi connectivity index (χ1) is 12.2. The van der Waals surface area contributed by atoms with Gasteiger partial charge >= 0.3 is 5.69 Å². The highest BCUT2D eigenvalue weighted by Gasteiger charge is 2.23. The van der Waals surface area contributed by atoms with Gasteiger partial charge in [-0.2, -0.15) is 0 Å². The number of nitrogens with zero attached hydrogens (tertiary/aromatic N) is 2. The summed E-state index contributed by atoms with van der Waals surface area (Å²) in [7, 11) is 1.84. The van der Waals surface area contributed by atoms with E-state index in [0.717, 1.165) is 75.2 Å². The predicted molar refractivity (Wildman–Crippen MR) is 100 cm³/mol. The number of nitrogens with one attached hydrogen (secondary N) is 2. The second-order valence-corrected chi connectivity index (χ2v) is 7.38. The molecule has 2 aromatic rings. The van der Waals surface area contributed by atoms with Crippen molar-refractivity contribution in [2.75, 3.05) is 37.7 Å². The maximum absolute atomic E-state index is 11.9. The number of aryl methyl sites for hydroxylation is 1. The summed E-state index contributed by atoms with van der Waals surface area (Å²) in [5.74, 6) is 0.653. The average Bonchev–Trinajstić information content (AvgIpc) is 2.96. The Labute approximate surface area is 148 Å². The van der Waals surface area contributed by atoms with Crippen molar-refractivity contribution in [3.63, 3.8) is 0 Å². The summed E-state index contributed by atoms with van der Waals surface area (Å²) in [5.41, 5.74) is 3.04. The van der Waals surface area contributed by atoms with Gasteiger partial charge in [-0.3, -0.25) is 4.57 Å². The first kappa shape index (κ1) is 16.7. The van der Waals surface area contributed by atoms with E-state index in [9.17, 15) is 4.79 Å². The van der Waals surface area contributed by atoms with Gasteiger partial charge in [-0.15, -0.1) is 0 Å². The molecule has 25 heavy (non-hydrogen) atoms. The molecule has 4 rings (SSSR count). The highest BCUT2D eigenvalue weighted by Crippen LogP contribution is 2.29. The first-order valence-electron chi connectivity index (χ1n) is 9.47. The van der Waals surface area contributed by atoms with Crippen molar-refractivity contribution in [2.24, 2.45) is 13.0 Å². The van der Waals surface area contributed by atoms with E-state index < -0.39 is 0 Å². The quantitative estimate of drug-likeness (QED) is 0.889. The van der Waals surface area contributed by atoms with Crippen molar-refractivity contribution in [1.29, 1.82) is 0 Å². The maximum Gasteiger partial charge on any atom is 0.326 e. The van der Waals surface area contributed by atoms with Crippen LogP contribution in [0.3, 0.4) is 0 Å². The molecule has 0 radical (unpaired) electrons. The monoisotopic (exact) mass is 344 g/mol. The Morgan fingerprint density at radius 3 is 2.68 bits per heavy atom. The van der Waals surface area contributed by atoms with Gasteiger partial charge in [0.25, 0.3) is 0 Å². The Kier molecular flexibility index (Phi) is 4.81. The second kappa shape index (κ2) is 7.22. The minimum Gasteiger partial charge on any atom is -0.378 e. The Hall–Kier alpha value is -1.79. The van der Waals surface area contributed by atoms with Crippen molar-refractivity contribution < 1.29 is 4.74 Å². The lowest BCUT2D eigenvalue weighted by molar-refractivity contribution is 0.00738. The number of hydrogen-bond acceptors (Lipinski definition) is 4. The Morgan fingerprint density at radius 1 is 1.16 bits per heavy atom. The molecule has 0 amide bonds. The van der Waals surface area contributed by atoms with Crippen LogP contribution in [0.2, 0.25) is 0 Å². The van der Waals surface area contributed by atoms with Crippen LogP contribution in [0.15, 0.2) is 23.0 Å². The van der Waals surface area contributed by atoms with Crippen LogP contribution in [0.1, 0.15) is 25.7 Å². The lowest BCUT2D eigenvalue weighted by atomic mass is 9.97. The van der Waals surface area contributed by atoms with Gasteiger partial charge in [-0.25, -0.2) is 4.79 Å². The van der Waals surface area contributed by atoms with Gasteiger partial charge in [0.05, 0.1) is 22.8 Å². The van der Waals surface area contributed by atoms with E-state index in [-0.39, 0.29) is 5.69 Å². The summed E-state index contributed by atoms with van der Waals surface area (Å²) in [5, 5.41) is 3.38. The third-order valence-corrected chi connectivity index (χ3v) is 5.71. The SMILES string of the molecule is Cn1c(=O)[nH]c2cccc(N3CCC(COC4CCNCC4)CC3)c21. The molecular weight excluding hydrogens is 316 g/mol. The Balaban J connectivity index is 1.38. The molecule has 2 saturated heterocycles. The van der Waals surface area contributed by atoms with Crippen LogP contribution in [0.25, 0.3) is 11.0 Å². The van der Waals surface area contributed by atoms with E-state index in [1.807, 2.05) is 19.2 Å². The standard InChI is InChI=1S/C19H28N4O2/c1-22-18-16(21-19(22)24)3-2-4-17(18)23-11-7-14(8-12-23)13-25-15-5-9-20-10-6-15/h2-4,14-15,20H,5-13H2,1H3,(H,21,24). The maximum atomic E-state index is 11.9. The molecule has 0 aliphatic carbocycles. The predicted octanol–water partition coefficient (Wildman–Crippen LogP) is 1.85. The molecule has 136 valence electrons. The number of hydrogen-bond donors (Lipinski definition) is 2. The molecular formula is C19H28N4O2. The molecule has 2 aliphatic rings. The molecule has 0 spiro atoms. The largest absolute Gasteiger partial charge is 0.378 e. The summed E-state index contributed by atoms with van der Waals surface area (Å²) in [6.45, 7) is 5.12. The lowest BCUT2D eigenvalue weighted by Gasteiger charge is -2.35. The fraction of sp³-hybridized carbons (Fsp3) is 0.632. The van der Waals surface area contributed by atoms with E-state index in [1.54, 1.807) is 4.57 Å². The zero-order chi connectivity index (χ0) is 17.2. The molecule has 2 aliphatic heterocycles. The number of ether oxygens (including phenoxy) is 1. The minimum atomic E-state index is -0.0484. The number of fused-ring (bicyclic) bond motifs is 1. The van der Waals surface area contributed by atoms with Crippen molar-refractivity contribution in [3.05, 3.63) is 28.7 Å². The number of piperidine rings is 2. The highest BCUT2D eigenvalue weighted by atomic mass is 16.5. The normalized spacial score (nSPS) is 20.4. The van der Waals surface area contributed by atoms with Gasteiger partial charge in [0.2, 0.25) is 0 Å². The summed E-state index contributed by atoms with van der Waals surface area (Å²) in [4.78, 5) is 17.3. The van der Waals surface area contributed by atoms with Crippen molar-refractivity contribution >= 4 is 16.7 Å². The number of aromatic nitrogens is 2. The molecule has 1 aromatic carbocycles. The minimum absolute atomic E-state index is 0.0484. The fourth-order valence-corrected chi connectivity index (χ4v) is 4.12. The fourth-order valence-electron chi connectivity index (χ4n) is 4.12. The van der Waals surface area contributed by atoms with Gasteiger partial charge in [-0.1, -0.05) is 6.07 Å². The summed E-state index contributed by atoms with van der Waals surface area (Å²) in [6.07, 6.45) is 5.03. The molecule has 0 unspecified atom stereocenters. The number of H-pyrrole nitrogens is 1. The lowest BCUT2D eigenvalue weighted by Crippen LogP contribution is -2.37. The zero-order valence-corrected chi connectivity index (χ0v) is 15.0. The molecule has 6 heteroatoms. The van der Waals surface area contributed by atoms with Gasteiger partial charge < -0.3 is 19.9 Å². The van der Waals surface area contributed by atoms with E-state index in [1.165, 1.54) is 0 Å². The average molecular weight is 344 g/mol. The van der Waals surface area contributed by atoms with E-state index >= 15 is 0 Å². The summed E-state index contributed by atoms with van der Waals surface area (Å²) in [6, 6.07) is 6.13. The topological polar surface area (TPSA) is 62.3 Å². The number of imidazole rings is 1. The Morgan fingerprint density at radius 2 is 1.92 bits per heavy atom. The van der Waals surface area contributed by atoms with Crippen LogP contribution in [0, 0.1) is 5.92 Å². The van der Waals surface area contributed by atoms with E-state index in [4.69, 9.17) is 4.74 Å². The van der Waals surface area contributed by atoms with E-state index in [0.29, 0.717) is 12.0 Å². The van der Waals surface area contributed by atoms with Gasteiger partial charge in [0, 0.05) is 26.7 Å². The number of anilines is 1. The van der Waals surface area contributed by atoms with Crippen molar-refractivity contribution in [3.8, 4) is 0 Å².